The zero-order valence-electron chi connectivity index (χ0n) is 6.83. The minimum atomic E-state index is 0.505. The van der Waals surface area contributed by atoms with Crippen LogP contribution in [0.4, 0.5) is 0 Å². The number of nitrogens with zero attached hydrogens (tertiary/aromatic N) is 2. The van der Waals surface area contributed by atoms with Crippen molar-refractivity contribution in [2.24, 2.45) is 0 Å². The van der Waals surface area contributed by atoms with Crippen LogP contribution in [0.1, 0.15) is 36.6 Å². The summed E-state index contributed by atoms with van der Waals surface area (Å²) in [5.74, 6) is 2.12. The van der Waals surface area contributed by atoms with Gasteiger partial charge < -0.3 is 0 Å². The molecule has 1 aromatic rings. The van der Waals surface area contributed by atoms with E-state index in [4.69, 9.17) is 11.6 Å². The second kappa shape index (κ2) is 3.40. The Morgan fingerprint density at radius 1 is 1.33 bits per heavy atom. The minimum Gasteiger partial charge on any atom is -0.241 e. The predicted octanol–water partition coefficient (Wildman–Crippen LogP) is 2.48. The predicted molar refractivity (Wildman–Crippen MR) is 48.2 cm³/mol. The van der Waals surface area contributed by atoms with E-state index in [9.17, 15) is 0 Å². The van der Waals surface area contributed by atoms with Gasteiger partial charge in [-0.25, -0.2) is 9.97 Å². The van der Waals surface area contributed by atoms with Crippen molar-refractivity contribution in [3.05, 3.63) is 23.8 Å². The molecule has 1 aliphatic rings. The number of halogens is 1. The van der Waals surface area contributed by atoms with Crippen molar-refractivity contribution in [1.82, 2.24) is 9.97 Å². The summed E-state index contributed by atoms with van der Waals surface area (Å²) in [5, 5.41) is 0. The summed E-state index contributed by atoms with van der Waals surface area (Å²) < 4.78 is 0. The molecular weight excluding hydrogens is 172 g/mol. The molecule has 0 N–H and O–H groups in total. The van der Waals surface area contributed by atoms with Gasteiger partial charge in [0.1, 0.15) is 5.82 Å². The monoisotopic (exact) mass is 182 g/mol. The van der Waals surface area contributed by atoms with Gasteiger partial charge in [-0.1, -0.05) is 6.42 Å². The van der Waals surface area contributed by atoms with E-state index >= 15 is 0 Å². The van der Waals surface area contributed by atoms with E-state index in [0.717, 1.165) is 11.4 Å². The second-order valence-electron chi connectivity index (χ2n) is 3.21. The summed E-state index contributed by atoms with van der Waals surface area (Å²) in [5.41, 5.74) is 1.000. The van der Waals surface area contributed by atoms with Crippen molar-refractivity contribution in [3.63, 3.8) is 0 Å². The first-order valence-electron chi connectivity index (χ1n) is 4.27. The fourth-order valence-corrected chi connectivity index (χ4v) is 1.45. The molecule has 2 nitrogen and oxygen atoms in total. The summed E-state index contributed by atoms with van der Waals surface area (Å²) in [7, 11) is 0. The van der Waals surface area contributed by atoms with Crippen LogP contribution in [0, 0.1) is 0 Å². The molecule has 0 atom stereocenters. The first-order chi connectivity index (χ1) is 5.90. The van der Waals surface area contributed by atoms with Crippen molar-refractivity contribution < 1.29 is 0 Å². The fourth-order valence-electron chi connectivity index (χ4n) is 1.31. The summed E-state index contributed by atoms with van der Waals surface area (Å²) in [4.78, 5) is 8.55. The van der Waals surface area contributed by atoms with Gasteiger partial charge in [0.15, 0.2) is 0 Å². The van der Waals surface area contributed by atoms with Gasteiger partial charge in [-0.2, -0.15) is 0 Å². The first-order valence-corrected chi connectivity index (χ1v) is 4.80. The van der Waals surface area contributed by atoms with Crippen LogP contribution in [-0.4, -0.2) is 9.97 Å². The van der Waals surface area contributed by atoms with E-state index < -0.39 is 0 Å². The van der Waals surface area contributed by atoms with Crippen LogP contribution < -0.4 is 0 Å². The minimum absolute atomic E-state index is 0.505. The Morgan fingerprint density at radius 2 is 2.00 bits per heavy atom. The van der Waals surface area contributed by atoms with Crippen LogP contribution in [0.15, 0.2) is 12.4 Å². The van der Waals surface area contributed by atoms with E-state index in [1.165, 1.54) is 19.3 Å². The standard InChI is InChI=1S/C9H11ClN2/c10-4-7-5-11-9(12-6-7)8-2-1-3-8/h5-6,8H,1-4H2. The molecule has 0 spiro atoms. The van der Waals surface area contributed by atoms with Gasteiger partial charge >= 0.3 is 0 Å². The highest BCUT2D eigenvalue weighted by atomic mass is 35.5. The summed E-state index contributed by atoms with van der Waals surface area (Å²) in [6.45, 7) is 0. The molecule has 1 fully saturated rings. The topological polar surface area (TPSA) is 25.8 Å². The van der Waals surface area contributed by atoms with Gasteiger partial charge in [-0.05, 0) is 12.8 Å². The smallest absolute Gasteiger partial charge is 0.131 e. The Bertz CT molecular complexity index is 254. The maximum atomic E-state index is 5.63. The molecule has 0 saturated heterocycles. The van der Waals surface area contributed by atoms with Crippen LogP contribution in [0.25, 0.3) is 0 Å². The van der Waals surface area contributed by atoms with Crippen LogP contribution in [0.2, 0.25) is 0 Å². The maximum absolute atomic E-state index is 5.63. The summed E-state index contributed by atoms with van der Waals surface area (Å²) in [6.07, 6.45) is 7.48. The third-order valence-corrected chi connectivity index (χ3v) is 2.66. The lowest BCUT2D eigenvalue weighted by molar-refractivity contribution is 0.401. The zero-order valence-corrected chi connectivity index (χ0v) is 7.59. The molecule has 1 aliphatic carbocycles. The molecule has 64 valence electrons. The summed E-state index contributed by atoms with van der Waals surface area (Å²) in [6, 6.07) is 0. The Kier molecular flexibility index (Phi) is 2.26. The van der Waals surface area contributed by atoms with Crippen LogP contribution in [-0.2, 0) is 5.88 Å². The lowest BCUT2D eigenvalue weighted by Crippen LogP contribution is -2.12. The maximum Gasteiger partial charge on any atom is 0.131 e. The third kappa shape index (κ3) is 1.44. The Balaban J connectivity index is 2.13. The van der Waals surface area contributed by atoms with Crippen LogP contribution in [0.5, 0.6) is 0 Å². The van der Waals surface area contributed by atoms with E-state index in [1.54, 1.807) is 0 Å². The molecule has 1 heterocycles. The molecule has 0 unspecified atom stereocenters. The second-order valence-corrected chi connectivity index (χ2v) is 3.48. The number of alkyl halides is 1. The van der Waals surface area contributed by atoms with E-state index in [1.807, 2.05) is 12.4 Å². The SMILES string of the molecule is ClCc1cnc(C2CCC2)nc1. The van der Waals surface area contributed by atoms with E-state index in [-0.39, 0.29) is 0 Å². The Morgan fingerprint density at radius 3 is 2.42 bits per heavy atom. The number of rotatable bonds is 2. The molecule has 0 amide bonds. The highest BCUT2D eigenvalue weighted by Crippen LogP contribution is 2.33. The van der Waals surface area contributed by atoms with Crippen molar-refractivity contribution in [1.29, 1.82) is 0 Å². The molecule has 0 aromatic carbocycles. The van der Waals surface area contributed by atoms with Crippen LogP contribution >= 0.6 is 11.6 Å². The molecule has 1 aromatic heterocycles. The zero-order chi connectivity index (χ0) is 8.39. The quantitative estimate of drug-likeness (QED) is 0.657. The number of hydrogen-bond donors (Lipinski definition) is 0. The number of aromatic nitrogens is 2. The van der Waals surface area contributed by atoms with Crippen molar-refractivity contribution in [2.45, 2.75) is 31.1 Å². The van der Waals surface area contributed by atoms with Gasteiger partial charge in [0.25, 0.3) is 0 Å². The molecular formula is C9H11ClN2. The summed E-state index contributed by atoms with van der Waals surface area (Å²) >= 11 is 5.63. The molecule has 3 heteroatoms. The van der Waals surface area contributed by atoms with E-state index in [0.29, 0.717) is 11.8 Å². The average Bonchev–Trinajstić information content (AvgIpc) is 2.03. The normalized spacial score (nSPS) is 17.4. The largest absolute Gasteiger partial charge is 0.241 e. The average molecular weight is 183 g/mol. The molecule has 2 rings (SSSR count). The van der Waals surface area contributed by atoms with Gasteiger partial charge in [0.2, 0.25) is 0 Å². The van der Waals surface area contributed by atoms with E-state index in [2.05, 4.69) is 9.97 Å². The number of hydrogen-bond acceptors (Lipinski definition) is 2. The van der Waals surface area contributed by atoms with Gasteiger partial charge in [0, 0.05) is 23.9 Å². The molecule has 0 radical (unpaired) electrons. The van der Waals surface area contributed by atoms with Gasteiger partial charge in [-0.3, -0.25) is 0 Å². The molecule has 1 saturated carbocycles. The highest BCUT2D eigenvalue weighted by Gasteiger charge is 2.21. The third-order valence-electron chi connectivity index (χ3n) is 2.35. The lowest BCUT2D eigenvalue weighted by atomic mass is 9.85. The first kappa shape index (κ1) is 7.99. The van der Waals surface area contributed by atoms with Gasteiger partial charge in [-0.15, -0.1) is 11.6 Å². The lowest BCUT2D eigenvalue weighted by Gasteiger charge is -2.23. The van der Waals surface area contributed by atoms with Crippen molar-refractivity contribution in [3.8, 4) is 0 Å². The fraction of sp³-hybridized carbons (Fsp3) is 0.556. The molecule has 0 bridgehead atoms. The van der Waals surface area contributed by atoms with Gasteiger partial charge in [0.05, 0.1) is 5.88 Å². The molecule has 0 aliphatic heterocycles. The molecule has 12 heavy (non-hydrogen) atoms. The Labute approximate surface area is 77.0 Å². The van der Waals surface area contributed by atoms with Crippen molar-refractivity contribution in [2.75, 3.05) is 0 Å². The Hall–Kier alpha value is -0.630. The highest BCUT2D eigenvalue weighted by molar-refractivity contribution is 6.17. The van der Waals surface area contributed by atoms with Crippen molar-refractivity contribution >= 4 is 11.6 Å². The van der Waals surface area contributed by atoms with Crippen LogP contribution in [0.3, 0.4) is 0 Å².